The zero-order valence-corrected chi connectivity index (χ0v) is 18.6. The van der Waals surface area contributed by atoms with Crippen molar-refractivity contribution in [2.45, 2.75) is 51.9 Å². The van der Waals surface area contributed by atoms with Crippen molar-refractivity contribution in [2.24, 2.45) is 0 Å². The lowest BCUT2D eigenvalue weighted by Gasteiger charge is -2.31. The van der Waals surface area contributed by atoms with Crippen LogP contribution in [0.15, 0.2) is 55.0 Å². The lowest BCUT2D eigenvalue weighted by atomic mass is 9.94. The maximum atomic E-state index is 12.8. The Balaban J connectivity index is 1.43. The topological polar surface area (TPSA) is 59.0 Å². The van der Waals surface area contributed by atoms with E-state index in [9.17, 15) is 4.79 Å². The van der Waals surface area contributed by atoms with Crippen molar-refractivity contribution < 1.29 is 4.79 Å². The second-order valence-electron chi connectivity index (χ2n) is 8.74. The summed E-state index contributed by atoms with van der Waals surface area (Å²) in [7, 11) is 0. The lowest BCUT2D eigenvalue weighted by Crippen LogP contribution is -2.39. The van der Waals surface area contributed by atoms with E-state index in [1.54, 1.807) is 12.4 Å². The van der Waals surface area contributed by atoms with Gasteiger partial charge in [0.15, 0.2) is 0 Å². The van der Waals surface area contributed by atoms with Crippen molar-refractivity contribution in [3.05, 3.63) is 77.6 Å². The van der Waals surface area contributed by atoms with Crippen LogP contribution in [0, 0.1) is 6.92 Å². The van der Waals surface area contributed by atoms with Crippen LogP contribution in [0.25, 0.3) is 11.1 Å². The number of aryl methyl sites for hydroxylation is 1. The van der Waals surface area contributed by atoms with E-state index in [1.165, 1.54) is 5.56 Å². The lowest BCUT2D eigenvalue weighted by molar-refractivity contribution is -0.131. The number of pyridine rings is 1. The number of carbonyl (C=O) groups is 1. The molecular formula is C26H30N4O. The molecule has 1 aliphatic rings. The fourth-order valence-corrected chi connectivity index (χ4v) is 4.30. The van der Waals surface area contributed by atoms with E-state index in [0.29, 0.717) is 18.3 Å². The fraction of sp³-hybridized carbons (Fsp3) is 0.385. The second-order valence-corrected chi connectivity index (χ2v) is 8.74. The molecule has 0 radical (unpaired) electrons. The van der Waals surface area contributed by atoms with E-state index in [1.807, 2.05) is 35.4 Å². The summed E-state index contributed by atoms with van der Waals surface area (Å²) in [5.74, 6) is 1.72. The van der Waals surface area contributed by atoms with Gasteiger partial charge in [-0.3, -0.25) is 9.78 Å². The Hall–Kier alpha value is -3.08. The van der Waals surface area contributed by atoms with Gasteiger partial charge in [0, 0.05) is 43.2 Å². The monoisotopic (exact) mass is 414 g/mol. The molecule has 4 rings (SSSR count). The Morgan fingerprint density at radius 3 is 2.55 bits per heavy atom. The van der Waals surface area contributed by atoms with Crippen molar-refractivity contribution in [2.75, 3.05) is 13.1 Å². The molecule has 0 atom stereocenters. The number of piperidine rings is 1. The highest BCUT2D eigenvalue weighted by Gasteiger charge is 2.26. The SMILES string of the molecule is Cc1cccc(CC(=O)N2CCC(c3ncc(-c4ccncc4)c(C(C)C)n3)CC2)c1. The van der Waals surface area contributed by atoms with Crippen molar-refractivity contribution in [1.29, 1.82) is 0 Å². The number of nitrogens with zero attached hydrogens (tertiary/aromatic N) is 4. The number of aromatic nitrogens is 3. The van der Waals surface area contributed by atoms with Crippen LogP contribution in [0.1, 0.15) is 61.2 Å². The Morgan fingerprint density at radius 2 is 1.87 bits per heavy atom. The van der Waals surface area contributed by atoms with Gasteiger partial charge in [-0.05, 0) is 48.9 Å². The highest BCUT2D eigenvalue weighted by Crippen LogP contribution is 2.31. The third-order valence-corrected chi connectivity index (χ3v) is 6.03. The number of amides is 1. The minimum atomic E-state index is 0.209. The molecule has 0 unspecified atom stereocenters. The number of hydrogen-bond donors (Lipinski definition) is 0. The molecule has 1 amide bonds. The van der Waals surface area contributed by atoms with Gasteiger partial charge in [-0.2, -0.15) is 0 Å². The summed E-state index contributed by atoms with van der Waals surface area (Å²) in [6.07, 6.45) is 7.86. The molecule has 5 heteroatoms. The van der Waals surface area contributed by atoms with Gasteiger partial charge in [-0.1, -0.05) is 43.7 Å². The van der Waals surface area contributed by atoms with Crippen molar-refractivity contribution in [3.63, 3.8) is 0 Å². The number of benzene rings is 1. The Labute approximate surface area is 184 Å². The molecule has 1 aromatic carbocycles. The third kappa shape index (κ3) is 4.98. The average molecular weight is 415 g/mol. The van der Waals surface area contributed by atoms with Gasteiger partial charge in [-0.25, -0.2) is 9.97 Å². The van der Waals surface area contributed by atoms with E-state index in [-0.39, 0.29) is 5.91 Å². The molecule has 3 heterocycles. The summed E-state index contributed by atoms with van der Waals surface area (Å²) in [6.45, 7) is 7.93. The summed E-state index contributed by atoms with van der Waals surface area (Å²) in [5, 5.41) is 0. The number of likely N-dealkylation sites (tertiary alicyclic amines) is 1. The summed E-state index contributed by atoms with van der Waals surface area (Å²) in [5.41, 5.74) is 5.53. The number of hydrogen-bond acceptors (Lipinski definition) is 4. The van der Waals surface area contributed by atoms with Crippen LogP contribution in [0.3, 0.4) is 0 Å². The molecule has 160 valence electrons. The van der Waals surface area contributed by atoms with Gasteiger partial charge in [0.05, 0.1) is 12.1 Å². The van der Waals surface area contributed by atoms with Crippen molar-refractivity contribution in [1.82, 2.24) is 19.9 Å². The number of carbonyl (C=O) groups excluding carboxylic acids is 1. The van der Waals surface area contributed by atoms with Gasteiger partial charge >= 0.3 is 0 Å². The van der Waals surface area contributed by atoms with Crippen LogP contribution >= 0.6 is 0 Å². The molecule has 0 N–H and O–H groups in total. The second kappa shape index (κ2) is 9.38. The van der Waals surface area contributed by atoms with Crippen LogP contribution in [-0.4, -0.2) is 38.8 Å². The summed E-state index contributed by atoms with van der Waals surface area (Å²) in [6, 6.07) is 12.2. The van der Waals surface area contributed by atoms with Crippen LogP contribution in [0.2, 0.25) is 0 Å². The molecule has 5 nitrogen and oxygen atoms in total. The molecular weight excluding hydrogens is 384 g/mol. The fourth-order valence-electron chi connectivity index (χ4n) is 4.30. The smallest absolute Gasteiger partial charge is 0.226 e. The summed E-state index contributed by atoms with van der Waals surface area (Å²) in [4.78, 5) is 28.6. The first-order valence-corrected chi connectivity index (χ1v) is 11.1. The van der Waals surface area contributed by atoms with E-state index in [2.05, 4.69) is 37.9 Å². The van der Waals surface area contributed by atoms with Crippen LogP contribution in [0.5, 0.6) is 0 Å². The molecule has 0 saturated carbocycles. The Kier molecular flexibility index (Phi) is 6.40. The van der Waals surface area contributed by atoms with E-state index in [4.69, 9.17) is 9.97 Å². The zero-order chi connectivity index (χ0) is 21.8. The quantitative estimate of drug-likeness (QED) is 0.595. The minimum Gasteiger partial charge on any atom is -0.342 e. The molecule has 0 aliphatic carbocycles. The van der Waals surface area contributed by atoms with Gasteiger partial charge in [0.2, 0.25) is 5.91 Å². The first-order valence-electron chi connectivity index (χ1n) is 11.1. The van der Waals surface area contributed by atoms with Gasteiger partial charge in [0.1, 0.15) is 5.82 Å². The van der Waals surface area contributed by atoms with Crippen LogP contribution < -0.4 is 0 Å². The maximum absolute atomic E-state index is 12.8. The average Bonchev–Trinajstić information content (AvgIpc) is 2.79. The first-order chi connectivity index (χ1) is 15.0. The first kappa shape index (κ1) is 21.2. The van der Waals surface area contributed by atoms with E-state index >= 15 is 0 Å². The van der Waals surface area contributed by atoms with Crippen LogP contribution in [-0.2, 0) is 11.2 Å². The maximum Gasteiger partial charge on any atom is 0.226 e. The minimum absolute atomic E-state index is 0.209. The van der Waals surface area contributed by atoms with Gasteiger partial charge < -0.3 is 4.90 Å². The molecule has 1 aliphatic heterocycles. The Morgan fingerprint density at radius 1 is 1.13 bits per heavy atom. The van der Waals surface area contributed by atoms with Crippen molar-refractivity contribution in [3.8, 4) is 11.1 Å². The zero-order valence-electron chi connectivity index (χ0n) is 18.6. The van der Waals surface area contributed by atoms with Gasteiger partial charge in [0.25, 0.3) is 0 Å². The van der Waals surface area contributed by atoms with Crippen LogP contribution in [0.4, 0.5) is 0 Å². The molecule has 2 aromatic heterocycles. The number of rotatable bonds is 5. The van der Waals surface area contributed by atoms with E-state index < -0.39 is 0 Å². The summed E-state index contributed by atoms with van der Waals surface area (Å²) < 4.78 is 0. The van der Waals surface area contributed by atoms with E-state index in [0.717, 1.165) is 54.1 Å². The highest BCUT2D eigenvalue weighted by atomic mass is 16.2. The van der Waals surface area contributed by atoms with Crippen molar-refractivity contribution >= 4 is 5.91 Å². The highest BCUT2D eigenvalue weighted by molar-refractivity contribution is 5.79. The third-order valence-electron chi connectivity index (χ3n) is 6.03. The standard InChI is InChI=1S/C26H30N4O/c1-18(2)25-23(21-7-11-27-12-8-21)17-28-26(29-25)22-9-13-30(14-10-22)24(31)16-20-6-4-5-19(3)15-20/h4-8,11-12,15,17-18,22H,9-10,13-14,16H2,1-3H3. The molecule has 0 spiro atoms. The summed E-state index contributed by atoms with van der Waals surface area (Å²) >= 11 is 0. The predicted octanol–water partition coefficient (Wildman–Crippen LogP) is 4.92. The molecule has 0 bridgehead atoms. The molecule has 31 heavy (non-hydrogen) atoms. The predicted molar refractivity (Wildman–Crippen MR) is 123 cm³/mol. The normalized spacial score (nSPS) is 14.8. The molecule has 1 fully saturated rings. The van der Waals surface area contributed by atoms with Gasteiger partial charge in [-0.15, -0.1) is 0 Å². The Bertz CT molecular complexity index is 1040. The largest absolute Gasteiger partial charge is 0.342 e. The molecule has 3 aromatic rings. The molecule has 1 saturated heterocycles.